The van der Waals surface area contributed by atoms with Crippen molar-refractivity contribution in [1.82, 2.24) is 0 Å². The summed E-state index contributed by atoms with van der Waals surface area (Å²) in [6.07, 6.45) is 0. The highest BCUT2D eigenvalue weighted by atomic mass is 16.5. The molecule has 0 saturated heterocycles. The second-order valence-electron chi connectivity index (χ2n) is 4.03. The number of nitriles is 1. The lowest BCUT2D eigenvalue weighted by molar-refractivity contribution is 0.102. The fourth-order valence-electron chi connectivity index (χ4n) is 1.69. The van der Waals surface area contributed by atoms with Crippen molar-refractivity contribution in [1.29, 1.82) is 5.26 Å². The molecule has 0 saturated carbocycles. The zero-order valence-electron chi connectivity index (χ0n) is 10.8. The van der Waals surface area contributed by atoms with Gasteiger partial charge in [0, 0.05) is 11.3 Å². The molecule has 0 unspecified atom stereocenters. The molecule has 2 rings (SSSR count). The van der Waals surface area contributed by atoms with Gasteiger partial charge in [-0.3, -0.25) is 4.79 Å². The van der Waals surface area contributed by atoms with Gasteiger partial charge in [-0.25, -0.2) is 0 Å². The number of rotatable bonds is 3. The van der Waals surface area contributed by atoms with Gasteiger partial charge in [0.05, 0.1) is 18.7 Å². The first-order valence-corrected chi connectivity index (χ1v) is 5.82. The highest BCUT2D eigenvalue weighted by Gasteiger charge is 2.10. The highest BCUT2D eigenvalue weighted by Crippen LogP contribution is 2.26. The molecule has 2 N–H and O–H groups in total. The van der Waals surface area contributed by atoms with Crippen molar-refractivity contribution in [2.75, 3.05) is 12.4 Å². The number of carbonyl (C=O) groups is 1. The Morgan fingerprint density at radius 3 is 2.80 bits per heavy atom. The summed E-state index contributed by atoms with van der Waals surface area (Å²) in [5.41, 5.74) is 1.34. The summed E-state index contributed by atoms with van der Waals surface area (Å²) >= 11 is 0. The van der Waals surface area contributed by atoms with E-state index in [1.165, 1.54) is 25.3 Å². The van der Waals surface area contributed by atoms with E-state index in [4.69, 9.17) is 10.00 Å². The third-order valence-electron chi connectivity index (χ3n) is 2.69. The molecule has 0 aliphatic heterocycles. The molecule has 0 heterocycles. The van der Waals surface area contributed by atoms with Crippen molar-refractivity contribution in [2.45, 2.75) is 0 Å². The Morgan fingerprint density at radius 1 is 1.30 bits per heavy atom. The van der Waals surface area contributed by atoms with E-state index >= 15 is 0 Å². The maximum absolute atomic E-state index is 12.1. The molecule has 2 aromatic rings. The second-order valence-corrected chi connectivity index (χ2v) is 4.03. The van der Waals surface area contributed by atoms with Crippen molar-refractivity contribution in [3.63, 3.8) is 0 Å². The Bertz CT molecular complexity index is 690. The summed E-state index contributed by atoms with van der Waals surface area (Å²) in [7, 11) is 1.41. The van der Waals surface area contributed by atoms with Gasteiger partial charge in [-0.05, 0) is 36.4 Å². The van der Waals surface area contributed by atoms with Crippen LogP contribution in [0.3, 0.4) is 0 Å². The molecule has 0 bridgehead atoms. The fraction of sp³-hybridized carbons (Fsp3) is 0.0667. The van der Waals surface area contributed by atoms with Gasteiger partial charge in [0.15, 0.2) is 11.5 Å². The second kappa shape index (κ2) is 5.76. The number of carbonyl (C=O) groups excluding carboxylic acids is 1. The van der Waals surface area contributed by atoms with Crippen LogP contribution >= 0.6 is 0 Å². The zero-order valence-corrected chi connectivity index (χ0v) is 10.8. The van der Waals surface area contributed by atoms with Crippen LogP contribution in [0.15, 0.2) is 42.5 Å². The number of hydrogen-bond acceptors (Lipinski definition) is 4. The lowest BCUT2D eigenvalue weighted by atomic mass is 10.1. The van der Waals surface area contributed by atoms with Gasteiger partial charge >= 0.3 is 0 Å². The Morgan fingerprint density at radius 2 is 2.10 bits per heavy atom. The lowest BCUT2D eigenvalue weighted by Crippen LogP contribution is -2.12. The number of anilines is 1. The number of nitrogens with one attached hydrogen (secondary N) is 1. The molecule has 100 valence electrons. The quantitative estimate of drug-likeness (QED) is 0.896. The molecule has 0 fully saturated rings. The third-order valence-corrected chi connectivity index (χ3v) is 2.69. The lowest BCUT2D eigenvalue weighted by Gasteiger charge is -2.08. The van der Waals surface area contributed by atoms with Crippen LogP contribution in [0.5, 0.6) is 11.5 Å². The van der Waals surface area contributed by atoms with Crippen LogP contribution in [0.1, 0.15) is 15.9 Å². The van der Waals surface area contributed by atoms with Crippen molar-refractivity contribution in [2.24, 2.45) is 0 Å². The maximum atomic E-state index is 12.1. The molecular formula is C15H12N2O3. The molecule has 5 heteroatoms. The van der Waals surface area contributed by atoms with E-state index in [1.807, 2.05) is 6.07 Å². The maximum Gasteiger partial charge on any atom is 0.255 e. The summed E-state index contributed by atoms with van der Waals surface area (Å²) in [6, 6.07) is 12.9. The normalized spacial score (nSPS) is 9.60. The number of amides is 1. The smallest absolute Gasteiger partial charge is 0.255 e. The van der Waals surface area contributed by atoms with Crippen LogP contribution in [0.4, 0.5) is 5.69 Å². The summed E-state index contributed by atoms with van der Waals surface area (Å²) in [5.74, 6) is -0.155. The number of ether oxygens (including phenoxy) is 1. The number of phenolic OH excluding ortho intramolecular Hbond substituents is 1. The number of benzene rings is 2. The molecule has 0 spiro atoms. The molecule has 0 aliphatic carbocycles. The van der Waals surface area contributed by atoms with E-state index in [0.717, 1.165) is 0 Å². The third kappa shape index (κ3) is 2.87. The van der Waals surface area contributed by atoms with Crippen LogP contribution in [-0.4, -0.2) is 18.1 Å². The summed E-state index contributed by atoms with van der Waals surface area (Å²) in [4.78, 5) is 12.1. The standard InChI is InChI=1S/C15H12N2O3/c1-20-14-8-11(5-6-13(14)18)15(19)17-12-4-2-3-10(7-12)9-16/h2-8,18H,1H3,(H,17,19). The number of phenols is 1. The first kappa shape index (κ1) is 13.4. The molecule has 20 heavy (non-hydrogen) atoms. The van der Waals surface area contributed by atoms with E-state index in [2.05, 4.69) is 5.32 Å². The molecule has 5 nitrogen and oxygen atoms in total. The average Bonchev–Trinajstić information content (AvgIpc) is 2.47. The summed E-state index contributed by atoms with van der Waals surface area (Å²) < 4.78 is 4.95. The number of methoxy groups -OCH3 is 1. The molecular weight excluding hydrogens is 256 g/mol. The largest absolute Gasteiger partial charge is 0.504 e. The van der Waals surface area contributed by atoms with Gasteiger partial charge in [-0.2, -0.15) is 5.26 Å². The Labute approximate surface area is 116 Å². The zero-order chi connectivity index (χ0) is 14.5. The van der Waals surface area contributed by atoms with Gasteiger partial charge in [-0.1, -0.05) is 6.07 Å². The average molecular weight is 268 g/mol. The van der Waals surface area contributed by atoms with Crippen molar-refractivity contribution in [3.05, 3.63) is 53.6 Å². The predicted octanol–water partition coefficient (Wildman–Crippen LogP) is 2.52. The van der Waals surface area contributed by atoms with E-state index in [-0.39, 0.29) is 17.4 Å². The van der Waals surface area contributed by atoms with Crippen LogP contribution in [0.25, 0.3) is 0 Å². The number of aromatic hydroxyl groups is 1. The van der Waals surface area contributed by atoms with E-state index < -0.39 is 0 Å². The van der Waals surface area contributed by atoms with Crippen LogP contribution in [-0.2, 0) is 0 Å². The molecule has 0 aliphatic rings. The van der Waals surface area contributed by atoms with E-state index in [1.54, 1.807) is 24.3 Å². The number of hydrogen-bond donors (Lipinski definition) is 2. The van der Waals surface area contributed by atoms with Crippen molar-refractivity contribution >= 4 is 11.6 Å². The number of nitrogens with zero attached hydrogens (tertiary/aromatic N) is 1. The molecule has 0 aromatic heterocycles. The van der Waals surface area contributed by atoms with Crippen LogP contribution < -0.4 is 10.1 Å². The monoisotopic (exact) mass is 268 g/mol. The highest BCUT2D eigenvalue weighted by molar-refractivity contribution is 6.04. The minimum absolute atomic E-state index is 0.0319. The first-order chi connectivity index (χ1) is 9.63. The first-order valence-electron chi connectivity index (χ1n) is 5.82. The van der Waals surface area contributed by atoms with Gasteiger partial charge in [0.2, 0.25) is 0 Å². The van der Waals surface area contributed by atoms with E-state index in [9.17, 15) is 9.90 Å². The Hall–Kier alpha value is -3.00. The summed E-state index contributed by atoms with van der Waals surface area (Å²) in [6.45, 7) is 0. The SMILES string of the molecule is COc1cc(C(=O)Nc2cccc(C#N)c2)ccc1O. The van der Waals surface area contributed by atoms with Crippen molar-refractivity contribution < 1.29 is 14.6 Å². The van der Waals surface area contributed by atoms with E-state index in [0.29, 0.717) is 16.8 Å². The van der Waals surface area contributed by atoms with Gasteiger partial charge < -0.3 is 15.2 Å². The van der Waals surface area contributed by atoms with Crippen molar-refractivity contribution in [3.8, 4) is 17.6 Å². The van der Waals surface area contributed by atoms with Gasteiger partial charge in [-0.15, -0.1) is 0 Å². The minimum atomic E-state index is -0.349. The minimum Gasteiger partial charge on any atom is -0.504 e. The molecule has 0 radical (unpaired) electrons. The van der Waals surface area contributed by atoms with Crippen LogP contribution in [0, 0.1) is 11.3 Å². The Balaban J connectivity index is 2.22. The van der Waals surface area contributed by atoms with Gasteiger partial charge in [0.1, 0.15) is 0 Å². The van der Waals surface area contributed by atoms with Gasteiger partial charge in [0.25, 0.3) is 5.91 Å². The Kier molecular flexibility index (Phi) is 3.87. The molecule has 2 aromatic carbocycles. The summed E-state index contributed by atoms with van der Waals surface area (Å²) in [5, 5.41) is 21.0. The predicted molar refractivity (Wildman–Crippen MR) is 73.8 cm³/mol. The topological polar surface area (TPSA) is 82.3 Å². The van der Waals surface area contributed by atoms with Crippen LogP contribution in [0.2, 0.25) is 0 Å². The molecule has 1 amide bonds. The molecule has 0 atom stereocenters. The fourth-order valence-corrected chi connectivity index (χ4v) is 1.69.